The third-order valence-corrected chi connectivity index (χ3v) is 1.71. The van der Waals surface area contributed by atoms with E-state index >= 15 is 0 Å². The van der Waals surface area contributed by atoms with Crippen molar-refractivity contribution in [3.63, 3.8) is 0 Å². The second-order valence-corrected chi connectivity index (χ2v) is 3.94. The van der Waals surface area contributed by atoms with Crippen LogP contribution in [-0.2, 0) is 7.05 Å². The molecule has 3 heteroatoms. The predicted octanol–water partition coefficient (Wildman–Crippen LogP) is 1.65. The molecule has 0 fully saturated rings. The van der Waals surface area contributed by atoms with Crippen molar-refractivity contribution in [1.82, 2.24) is 9.55 Å². The SMILES string of the molecule is Cn1ccnc1C(=O)C(C)(C)C. The van der Waals surface area contributed by atoms with Gasteiger partial charge in [0.2, 0.25) is 5.78 Å². The van der Waals surface area contributed by atoms with Crippen molar-refractivity contribution in [3.8, 4) is 0 Å². The molecule has 0 N–H and O–H groups in total. The van der Waals surface area contributed by atoms with Crippen molar-refractivity contribution >= 4 is 5.78 Å². The molecule has 0 saturated heterocycles. The second kappa shape index (κ2) is 2.73. The van der Waals surface area contributed by atoms with Gasteiger partial charge >= 0.3 is 0 Å². The Morgan fingerprint density at radius 1 is 1.50 bits per heavy atom. The molecule has 3 nitrogen and oxygen atoms in total. The molecule has 0 saturated carbocycles. The van der Waals surface area contributed by atoms with Gasteiger partial charge in [-0.3, -0.25) is 4.79 Å². The van der Waals surface area contributed by atoms with Crippen molar-refractivity contribution < 1.29 is 4.79 Å². The number of hydrogen-bond donors (Lipinski definition) is 0. The fourth-order valence-electron chi connectivity index (χ4n) is 0.920. The molecule has 1 aromatic heterocycles. The predicted molar refractivity (Wildman–Crippen MR) is 47.0 cm³/mol. The molecule has 0 atom stereocenters. The van der Waals surface area contributed by atoms with Crippen LogP contribution >= 0.6 is 0 Å². The van der Waals surface area contributed by atoms with Crippen LogP contribution in [0.3, 0.4) is 0 Å². The fraction of sp³-hybridized carbons (Fsp3) is 0.556. The molecule has 1 rings (SSSR count). The lowest BCUT2D eigenvalue weighted by atomic mass is 9.90. The Balaban J connectivity index is 3.01. The monoisotopic (exact) mass is 166 g/mol. The van der Waals surface area contributed by atoms with Crippen molar-refractivity contribution in [2.24, 2.45) is 12.5 Å². The van der Waals surface area contributed by atoms with E-state index in [1.807, 2.05) is 27.8 Å². The normalized spacial score (nSPS) is 11.7. The van der Waals surface area contributed by atoms with E-state index in [-0.39, 0.29) is 11.2 Å². The summed E-state index contributed by atoms with van der Waals surface area (Å²) in [6.45, 7) is 5.68. The van der Waals surface area contributed by atoms with Gasteiger partial charge in [-0.2, -0.15) is 0 Å². The van der Waals surface area contributed by atoms with Crippen molar-refractivity contribution in [2.75, 3.05) is 0 Å². The zero-order valence-electron chi connectivity index (χ0n) is 7.96. The van der Waals surface area contributed by atoms with Gasteiger partial charge in [-0.15, -0.1) is 0 Å². The molecule has 0 radical (unpaired) electrons. The van der Waals surface area contributed by atoms with Crippen LogP contribution in [0.1, 0.15) is 31.4 Å². The van der Waals surface area contributed by atoms with Crippen LogP contribution in [0.2, 0.25) is 0 Å². The molecule has 1 aromatic rings. The third kappa shape index (κ3) is 1.55. The Morgan fingerprint density at radius 3 is 2.42 bits per heavy atom. The summed E-state index contributed by atoms with van der Waals surface area (Å²) in [4.78, 5) is 15.7. The molecule has 66 valence electrons. The quantitative estimate of drug-likeness (QED) is 0.594. The minimum absolute atomic E-state index is 0.0787. The minimum Gasteiger partial charge on any atom is -0.332 e. The Kier molecular flexibility index (Phi) is 2.04. The number of nitrogens with zero attached hydrogens (tertiary/aromatic N) is 2. The maximum Gasteiger partial charge on any atom is 0.203 e. The molecule has 0 amide bonds. The molecule has 0 aliphatic carbocycles. The zero-order valence-corrected chi connectivity index (χ0v) is 7.96. The van der Waals surface area contributed by atoms with Crippen LogP contribution in [0.15, 0.2) is 12.4 Å². The molecule has 0 aromatic carbocycles. The molecular formula is C9H14N2O. The average molecular weight is 166 g/mol. The summed E-state index contributed by atoms with van der Waals surface area (Å²) in [6.07, 6.45) is 3.41. The standard InChI is InChI=1S/C9H14N2O/c1-9(2,3)7(12)8-10-5-6-11(8)4/h5-6H,1-4H3. The minimum atomic E-state index is -0.348. The van der Waals surface area contributed by atoms with Gasteiger partial charge in [0.25, 0.3) is 0 Å². The smallest absolute Gasteiger partial charge is 0.203 e. The van der Waals surface area contributed by atoms with E-state index in [2.05, 4.69) is 4.98 Å². The summed E-state index contributed by atoms with van der Waals surface area (Å²) >= 11 is 0. The summed E-state index contributed by atoms with van der Waals surface area (Å²) in [5, 5.41) is 0. The number of carbonyl (C=O) groups excluding carboxylic acids is 1. The summed E-state index contributed by atoms with van der Waals surface area (Å²) in [5.41, 5.74) is -0.348. The second-order valence-electron chi connectivity index (χ2n) is 3.94. The van der Waals surface area contributed by atoms with Crippen LogP contribution in [0.25, 0.3) is 0 Å². The van der Waals surface area contributed by atoms with Crippen LogP contribution in [0.5, 0.6) is 0 Å². The number of ketones is 1. The van der Waals surface area contributed by atoms with Gasteiger partial charge in [-0.1, -0.05) is 20.8 Å². The molecular weight excluding hydrogens is 152 g/mol. The van der Waals surface area contributed by atoms with Crippen LogP contribution < -0.4 is 0 Å². The summed E-state index contributed by atoms with van der Waals surface area (Å²) in [7, 11) is 1.83. The van der Waals surface area contributed by atoms with Crippen LogP contribution in [0, 0.1) is 5.41 Å². The van der Waals surface area contributed by atoms with Crippen molar-refractivity contribution in [1.29, 1.82) is 0 Å². The lowest BCUT2D eigenvalue weighted by Gasteiger charge is -2.15. The van der Waals surface area contributed by atoms with E-state index in [1.54, 1.807) is 17.0 Å². The highest BCUT2D eigenvalue weighted by atomic mass is 16.1. The van der Waals surface area contributed by atoms with Crippen molar-refractivity contribution in [3.05, 3.63) is 18.2 Å². The lowest BCUT2D eigenvalue weighted by Crippen LogP contribution is -2.23. The molecule has 0 spiro atoms. The average Bonchev–Trinajstić information content (AvgIpc) is 2.31. The Labute approximate surface area is 72.4 Å². The molecule has 12 heavy (non-hydrogen) atoms. The first kappa shape index (κ1) is 8.97. The lowest BCUT2D eigenvalue weighted by molar-refractivity contribution is 0.0843. The van der Waals surface area contributed by atoms with Crippen LogP contribution in [-0.4, -0.2) is 15.3 Å². The van der Waals surface area contributed by atoms with Gasteiger partial charge in [0.1, 0.15) is 0 Å². The number of aryl methyl sites for hydroxylation is 1. The van der Waals surface area contributed by atoms with Gasteiger partial charge in [0, 0.05) is 24.9 Å². The first-order valence-electron chi connectivity index (χ1n) is 3.95. The third-order valence-electron chi connectivity index (χ3n) is 1.71. The van der Waals surface area contributed by atoms with E-state index in [1.165, 1.54) is 0 Å². The van der Waals surface area contributed by atoms with Crippen molar-refractivity contribution in [2.45, 2.75) is 20.8 Å². The van der Waals surface area contributed by atoms with Gasteiger partial charge in [0.05, 0.1) is 0 Å². The number of hydrogen-bond acceptors (Lipinski definition) is 2. The zero-order chi connectivity index (χ0) is 9.35. The number of imidazole rings is 1. The Bertz CT molecular complexity index is 294. The highest BCUT2D eigenvalue weighted by Gasteiger charge is 2.25. The van der Waals surface area contributed by atoms with Crippen LogP contribution in [0.4, 0.5) is 0 Å². The van der Waals surface area contributed by atoms with E-state index in [9.17, 15) is 4.79 Å². The van der Waals surface area contributed by atoms with E-state index in [0.29, 0.717) is 5.82 Å². The molecule has 0 aliphatic rings. The number of aromatic nitrogens is 2. The Hall–Kier alpha value is -1.12. The highest BCUT2D eigenvalue weighted by molar-refractivity contribution is 5.96. The fourth-order valence-corrected chi connectivity index (χ4v) is 0.920. The maximum atomic E-state index is 11.7. The molecule has 1 heterocycles. The summed E-state index contributed by atoms with van der Waals surface area (Å²) < 4.78 is 1.74. The van der Waals surface area contributed by atoms with E-state index in [4.69, 9.17) is 0 Å². The van der Waals surface area contributed by atoms with E-state index < -0.39 is 0 Å². The molecule has 0 bridgehead atoms. The summed E-state index contributed by atoms with van der Waals surface area (Å²) in [6, 6.07) is 0. The molecule has 0 aliphatic heterocycles. The summed E-state index contributed by atoms with van der Waals surface area (Å²) in [5.74, 6) is 0.609. The van der Waals surface area contributed by atoms with Gasteiger partial charge in [-0.25, -0.2) is 4.98 Å². The first-order valence-corrected chi connectivity index (χ1v) is 3.95. The number of Topliss-reactive ketones (excluding diaryl/α,β-unsaturated/α-hetero) is 1. The van der Waals surface area contributed by atoms with Gasteiger partial charge in [0.15, 0.2) is 5.82 Å². The van der Waals surface area contributed by atoms with Gasteiger partial charge < -0.3 is 4.57 Å². The van der Waals surface area contributed by atoms with E-state index in [0.717, 1.165) is 0 Å². The highest BCUT2D eigenvalue weighted by Crippen LogP contribution is 2.18. The number of carbonyl (C=O) groups is 1. The first-order chi connectivity index (χ1) is 5.43. The Morgan fingerprint density at radius 2 is 2.08 bits per heavy atom. The largest absolute Gasteiger partial charge is 0.332 e. The topological polar surface area (TPSA) is 34.9 Å². The van der Waals surface area contributed by atoms with Gasteiger partial charge in [-0.05, 0) is 0 Å². The molecule has 0 unspecified atom stereocenters. The number of rotatable bonds is 1. The maximum absolute atomic E-state index is 11.7.